The molecule has 0 spiro atoms. The van der Waals surface area contributed by atoms with Crippen molar-refractivity contribution in [2.24, 2.45) is 16.1 Å². The lowest BCUT2D eigenvalue weighted by atomic mass is 9.88. The van der Waals surface area contributed by atoms with Crippen LogP contribution >= 0.6 is 0 Å². The van der Waals surface area contributed by atoms with Crippen LogP contribution < -0.4 is 4.74 Å². The number of aromatic nitrogens is 1. The highest BCUT2D eigenvalue weighted by molar-refractivity contribution is 5.95. The average Bonchev–Trinajstić information content (AvgIpc) is 3.40. The average molecular weight is 509 g/mol. The number of carbonyl (C=O) groups excluding carboxylic acids is 1. The summed E-state index contributed by atoms with van der Waals surface area (Å²) in [5, 5.41) is 19.6. The van der Waals surface area contributed by atoms with Gasteiger partial charge in [-0.2, -0.15) is 0 Å². The van der Waals surface area contributed by atoms with E-state index in [1.165, 1.54) is 12.0 Å². The van der Waals surface area contributed by atoms with Gasteiger partial charge in [0.15, 0.2) is 17.3 Å². The van der Waals surface area contributed by atoms with Gasteiger partial charge in [-0.3, -0.25) is 0 Å². The summed E-state index contributed by atoms with van der Waals surface area (Å²) in [6, 6.07) is 7.07. The molecule has 1 N–H and O–H groups in total. The predicted molar refractivity (Wildman–Crippen MR) is 136 cm³/mol. The summed E-state index contributed by atoms with van der Waals surface area (Å²) in [4.78, 5) is 18.0. The Morgan fingerprint density at radius 3 is 2.84 bits per heavy atom. The number of aromatic hydroxyl groups is 1. The molecule has 0 radical (unpaired) electrons. The highest BCUT2D eigenvalue weighted by Crippen LogP contribution is 2.42. The summed E-state index contributed by atoms with van der Waals surface area (Å²) in [7, 11) is 1.54. The van der Waals surface area contributed by atoms with Gasteiger partial charge < -0.3 is 23.9 Å². The monoisotopic (exact) mass is 508 g/mol. The number of nitrogens with zero attached hydrogens (tertiary/aromatic N) is 4. The fourth-order valence-electron chi connectivity index (χ4n) is 4.69. The molecule has 0 bridgehead atoms. The fraction of sp³-hybridized carbons (Fsp3) is 0.407. The van der Waals surface area contributed by atoms with Crippen molar-refractivity contribution in [3.63, 3.8) is 0 Å². The lowest BCUT2D eigenvalue weighted by Crippen LogP contribution is -2.47. The number of likely N-dealkylation sites (tertiary alicyclic amines) is 1. The highest BCUT2D eigenvalue weighted by atomic mass is 19.1. The van der Waals surface area contributed by atoms with Crippen LogP contribution in [-0.4, -0.2) is 53.1 Å². The molecule has 1 saturated heterocycles. The zero-order valence-electron chi connectivity index (χ0n) is 21.2. The van der Waals surface area contributed by atoms with Crippen molar-refractivity contribution in [1.29, 1.82) is 0 Å². The van der Waals surface area contributed by atoms with E-state index < -0.39 is 17.9 Å². The molecule has 2 unspecified atom stereocenters. The molecule has 194 valence electrons. The van der Waals surface area contributed by atoms with Crippen LogP contribution in [0.3, 0.4) is 0 Å². The van der Waals surface area contributed by atoms with Crippen molar-refractivity contribution in [2.45, 2.75) is 45.4 Å². The first-order valence-corrected chi connectivity index (χ1v) is 12.2. The zero-order valence-corrected chi connectivity index (χ0v) is 21.2. The molecule has 10 heteroatoms. The Balaban J connectivity index is 1.42. The summed E-state index contributed by atoms with van der Waals surface area (Å²) in [6.07, 6.45) is 2.25. The van der Waals surface area contributed by atoms with E-state index in [1.54, 1.807) is 51.2 Å². The van der Waals surface area contributed by atoms with E-state index in [9.17, 15) is 9.90 Å². The molecule has 5 rings (SSSR count). The minimum atomic E-state index is -1.26. The van der Waals surface area contributed by atoms with E-state index in [2.05, 4.69) is 15.2 Å². The number of hydrogen-bond acceptors (Lipinski definition) is 8. The summed E-state index contributed by atoms with van der Waals surface area (Å²) < 4.78 is 32.4. The molecular formula is C27H29FN4O5. The molecule has 1 amide bonds. The Hall–Kier alpha value is -3.95. The minimum Gasteiger partial charge on any atom is -0.504 e. The maximum absolute atomic E-state index is 15.3. The van der Waals surface area contributed by atoms with Crippen LogP contribution in [0.1, 0.15) is 44.1 Å². The van der Waals surface area contributed by atoms with Crippen molar-refractivity contribution in [3.8, 4) is 11.5 Å². The summed E-state index contributed by atoms with van der Waals surface area (Å²) in [6.45, 7) is 5.69. The Kier molecular flexibility index (Phi) is 6.35. The molecule has 4 heterocycles. The maximum atomic E-state index is 15.3. The first kappa shape index (κ1) is 24.7. The summed E-state index contributed by atoms with van der Waals surface area (Å²) >= 11 is 0. The molecule has 2 atom stereocenters. The standard InChI is InChI=1S/C27H29FN4O5/c1-27(2,3)37-26(34)32-11-9-15(19(28)14-32)12-18-21(35-4)8-7-17-23(33)22(36-24(17)18)13-20-16-6-5-10-29-25(16)31-30-20/h5-8,10,13,15,19,33H,9,11-12,14H2,1-4H3. The topological polar surface area (TPSA) is 110 Å². The number of hydrogen-bond donors (Lipinski definition) is 1. The number of ether oxygens (including phenoxy) is 2. The van der Waals surface area contributed by atoms with Gasteiger partial charge in [0.2, 0.25) is 0 Å². The van der Waals surface area contributed by atoms with Crippen molar-refractivity contribution in [3.05, 3.63) is 47.3 Å². The SMILES string of the molecule is COc1ccc2c(O)c(C=C3N=Nc4ncccc43)oc2c1CC1CCN(C(=O)OC(C)(C)C)CC1F. The van der Waals surface area contributed by atoms with Crippen LogP contribution in [0, 0.1) is 5.92 Å². The summed E-state index contributed by atoms with van der Waals surface area (Å²) in [5.41, 5.74) is 1.69. The minimum absolute atomic E-state index is 0.0446. The first-order valence-electron chi connectivity index (χ1n) is 12.2. The number of piperidine rings is 1. The van der Waals surface area contributed by atoms with E-state index in [4.69, 9.17) is 13.9 Å². The number of methoxy groups -OCH3 is 1. The first-order chi connectivity index (χ1) is 17.6. The van der Waals surface area contributed by atoms with Gasteiger partial charge in [0.05, 0.1) is 19.0 Å². The number of fused-ring (bicyclic) bond motifs is 2. The van der Waals surface area contributed by atoms with Crippen LogP contribution in [0.2, 0.25) is 0 Å². The molecule has 2 aromatic heterocycles. The van der Waals surface area contributed by atoms with Crippen LogP contribution in [0.15, 0.2) is 45.1 Å². The molecule has 3 aromatic rings. The second-order valence-corrected chi connectivity index (χ2v) is 10.2. The number of furan rings is 1. The number of rotatable bonds is 4. The molecule has 37 heavy (non-hydrogen) atoms. The van der Waals surface area contributed by atoms with Crippen LogP contribution in [0.4, 0.5) is 15.0 Å². The van der Waals surface area contributed by atoms with Gasteiger partial charge in [-0.15, -0.1) is 10.2 Å². The molecule has 1 fully saturated rings. The van der Waals surface area contributed by atoms with Gasteiger partial charge in [0.1, 0.15) is 28.8 Å². The third-order valence-corrected chi connectivity index (χ3v) is 6.51. The largest absolute Gasteiger partial charge is 0.504 e. The number of benzene rings is 1. The maximum Gasteiger partial charge on any atom is 0.410 e. The Morgan fingerprint density at radius 1 is 1.30 bits per heavy atom. The summed E-state index contributed by atoms with van der Waals surface area (Å²) in [5.74, 6) is 0.840. The van der Waals surface area contributed by atoms with Gasteiger partial charge >= 0.3 is 6.09 Å². The Bertz CT molecular complexity index is 1410. The van der Waals surface area contributed by atoms with Gasteiger partial charge in [-0.25, -0.2) is 14.2 Å². The zero-order chi connectivity index (χ0) is 26.3. The fourth-order valence-corrected chi connectivity index (χ4v) is 4.69. The lowest BCUT2D eigenvalue weighted by molar-refractivity contribution is 0.00547. The normalized spacial score (nSPS) is 20.5. The molecule has 0 aliphatic carbocycles. The van der Waals surface area contributed by atoms with Gasteiger partial charge in [0.25, 0.3) is 0 Å². The Morgan fingerprint density at radius 2 is 2.11 bits per heavy atom. The van der Waals surface area contributed by atoms with E-state index >= 15 is 4.39 Å². The number of azo groups is 1. The quantitative estimate of drug-likeness (QED) is 0.444. The highest BCUT2D eigenvalue weighted by Gasteiger charge is 2.35. The molecule has 2 aliphatic heterocycles. The Labute approximate surface area is 213 Å². The van der Waals surface area contributed by atoms with E-state index in [0.29, 0.717) is 53.2 Å². The van der Waals surface area contributed by atoms with Crippen molar-refractivity contribution in [1.82, 2.24) is 9.88 Å². The van der Waals surface area contributed by atoms with Crippen molar-refractivity contribution >= 4 is 34.7 Å². The second-order valence-electron chi connectivity index (χ2n) is 10.2. The van der Waals surface area contributed by atoms with Crippen molar-refractivity contribution < 1.29 is 28.2 Å². The van der Waals surface area contributed by atoms with Gasteiger partial charge in [-0.1, -0.05) is 0 Å². The van der Waals surface area contributed by atoms with E-state index in [1.807, 2.05) is 6.07 Å². The van der Waals surface area contributed by atoms with Crippen LogP contribution in [0.25, 0.3) is 22.7 Å². The molecule has 9 nitrogen and oxygen atoms in total. The van der Waals surface area contributed by atoms with Gasteiger partial charge in [0, 0.05) is 29.9 Å². The molecular weight excluding hydrogens is 479 g/mol. The lowest BCUT2D eigenvalue weighted by Gasteiger charge is -2.35. The van der Waals surface area contributed by atoms with Crippen LogP contribution in [0.5, 0.6) is 11.5 Å². The van der Waals surface area contributed by atoms with Gasteiger partial charge in [-0.05, 0) is 63.8 Å². The van der Waals surface area contributed by atoms with E-state index in [-0.39, 0.29) is 24.0 Å². The van der Waals surface area contributed by atoms with Crippen molar-refractivity contribution in [2.75, 3.05) is 20.2 Å². The third-order valence-electron chi connectivity index (χ3n) is 6.51. The third kappa shape index (κ3) is 4.87. The molecule has 0 saturated carbocycles. The number of carbonyl (C=O) groups is 1. The molecule has 1 aromatic carbocycles. The molecule has 2 aliphatic rings. The number of amides is 1. The number of alkyl halides is 1. The smallest absolute Gasteiger partial charge is 0.410 e. The number of pyridine rings is 1. The second kappa shape index (κ2) is 9.49. The van der Waals surface area contributed by atoms with E-state index in [0.717, 1.165) is 5.56 Å². The number of halogens is 1. The van der Waals surface area contributed by atoms with Crippen LogP contribution in [-0.2, 0) is 11.2 Å². The predicted octanol–water partition coefficient (Wildman–Crippen LogP) is 6.28.